The van der Waals surface area contributed by atoms with Gasteiger partial charge < -0.3 is 46.7 Å². The molecule has 64 heavy (non-hydrogen) atoms. The Labute approximate surface area is 387 Å². The normalized spacial score (nSPS) is 16.8. The molecule has 0 amide bonds. The Morgan fingerprint density at radius 3 is 1.11 bits per heavy atom. The molecule has 14 heteroatoms. The van der Waals surface area contributed by atoms with Gasteiger partial charge >= 0.3 is 11.9 Å². The van der Waals surface area contributed by atoms with E-state index in [4.69, 9.17) is 46.7 Å². The van der Waals surface area contributed by atoms with Gasteiger partial charge in [0.05, 0.1) is 12.2 Å². The summed E-state index contributed by atoms with van der Waals surface area (Å²) in [5, 5.41) is -0.296. The molecule has 0 aliphatic carbocycles. The fourth-order valence-electron chi connectivity index (χ4n) is 6.65. The lowest BCUT2D eigenvalue weighted by atomic mass is 9.97. The molecule has 0 heterocycles. The third-order valence-corrected chi connectivity index (χ3v) is 21.3. The smallest absolute Gasteiger partial charge is 0.340 e. The van der Waals surface area contributed by atoms with Crippen molar-refractivity contribution < 1.29 is 56.3 Å². The topological polar surface area (TPSA) is 126 Å². The van der Waals surface area contributed by atoms with Gasteiger partial charge in [-0.2, -0.15) is 0 Å². The second-order valence-electron chi connectivity index (χ2n) is 19.1. The maximum absolute atomic E-state index is 14.0. The molecule has 0 fully saturated rings. The Kier molecular flexibility index (Phi) is 24.6. The lowest BCUT2D eigenvalue weighted by molar-refractivity contribution is -0.174. The van der Waals surface area contributed by atoms with Crippen LogP contribution in [0.4, 0.5) is 0 Å². The van der Waals surface area contributed by atoms with Crippen molar-refractivity contribution in [2.75, 3.05) is 42.0 Å². The first-order chi connectivity index (χ1) is 30.1. The van der Waals surface area contributed by atoms with Crippen LogP contribution in [-0.4, -0.2) is 107 Å². The minimum Gasteiger partial charge on any atom is -0.457 e. The molecular formula is C50H82O12Si2. The van der Waals surface area contributed by atoms with Crippen LogP contribution in [0.3, 0.4) is 0 Å². The highest BCUT2D eigenvalue weighted by molar-refractivity contribution is 6.74. The molecule has 12 nitrogen and oxygen atoms in total. The minimum absolute atomic E-state index is 0.0106. The zero-order chi connectivity index (χ0) is 48.1. The standard InChI is InChI=1S/C50H82O12Si2/c1-17-25-39(57-35-53-9)41(59-47(51)45(55-11)37-27-21-19-22-28-37)31-33-43(61-63(13,14)49(3,4)5)44(62-64(15,16)50(6,7)8)34-32-42(40(26-18-2)58-36-54-10)60-48(52)46(56-12)38-29-23-20-24-30-38/h17-30,39-46H,31-36H2,1-16H3/b25-17+,26-18+/t39-,40-,41-,42-,43+,44+,45?,46?/m0/s1. The summed E-state index contributed by atoms with van der Waals surface area (Å²) in [5.74, 6) is -1.07. The van der Waals surface area contributed by atoms with Crippen molar-refractivity contribution in [2.45, 2.75) is 166 Å². The number of hydrogen-bond donors (Lipinski definition) is 0. The van der Waals surface area contributed by atoms with Crippen LogP contribution in [0.5, 0.6) is 0 Å². The summed E-state index contributed by atoms with van der Waals surface area (Å²) < 4.78 is 62.0. The number of ether oxygens (including phenoxy) is 8. The molecule has 2 aromatic rings. The van der Waals surface area contributed by atoms with Crippen molar-refractivity contribution in [1.29, 1.82) is 0 Å². The minimum atomic E-state index is -2.49. The summed E-state index contributed by atoms with van der Waals surface area (Å²) in [4.78, 5) is 28.1. The lowest BCUT2D eigenvalue weighted by Gasteiger charge is -2.46. The number of esters is 2. The van der Waals surface area contributed by atoms with Gasteiger partial charge in [-0.3, -0.25) is 0 Å². The predicted molar refractivity (Wildman–Crippen MR) is 258 cm³/mol. The molecular weight excluding hydrogens is 849 g/mol. The fourth-order valence-corrected chi connectivity index (χ4v) is 9.41. The number of hydrogen-bond acceptors (Lipinski definition) is 12. The van der Waals surface area contributed by atoms with Gasteiger partial charge in [0, 0.05) is 28.4 Å². The van der Waals surface area contributed by atoms with Crippen LogP contribution in [0.25, 0.3) is 0 Å². The molecule has 0 aromatic heterocycles. The molecule has 0 radical (unpaired) electrons. The Morgan fingerprint density at radius 1 is 0.531 bits per heavy atom. The molecule has 0 spiro atoms. The van der Waals surface area contributed by atoms with Crippen molar-refractivity contribution in [2.24, 2.45) is 0 Å². The predicted octanol–water partition coefficient (Wildman–Crippen LogP) is 11.1. The van der Waals surface area contributed by atoms with Crippen molar-refractivity contribution in [3.05, 3.63) is 96.1 Å². The van der Waals surface area contributed by atoms with E-state index >= 15 is 0 Å². The summed E-state index contributed by atoms with van der Waals surface area (Å²) in [6, 6.07) is 18.6. The Hall–Kier alpha value is -3.03. The van der Waals surface area contributed by atoms with Crippen LogP contribution in [0.1, 0.15) is 104 Å². The first-order valence-corrected chi connectivity index (χ1v) is 28.3. The zero-order valence-corrected chi connectivity index (χ0v) is 43.8. The van der Waals surface area contributed by atoms with Gasteiger partial charge in [0.15, 0.2) is 28.8 Å². The number of carbonyl (C=O) groups is 2. The monoisotopic (exact) mass is 931 g/mol. The van der Waals surface area contributed by atoms with E-state index < -0.39 is 77.4 Å². The molecule has 2 rings (SSSR count). The van der Waals surface area contributed by atoms with Gasteiger partial charge in [0.1, 0.15) is 38.0 Å². The molecule has 362 valence electrons. The molecule has 0 saturated heterocycles. The van der Waals surface area contributed by atoms with E-state index in [0.717, 1.165) is 0 Å². The maximum Gasteiger partial charge on any atom is 0.340 e. The van der Waals surface area contributed by atoms with Crippen LogP contribution in [0, 0.1) is 0 Å². The van der Waals surface area contributed by atoms with Gasteiger partial charge in [0.25, 0.3) is 0 Å². The summed E-state index contributed by atoms with van der Waals surface area (Å²) in [6.45, 7) is 26.0. The zero-order valence-electron chi connectivity index (χ0n) is 41.8. The SMILES string of the molecule is C/C=C/[C@H](OCOC)[C@H](CC[C@@H](O[Si](C)(C)C(C)(C)C)[C@@H](CC[C@H](OC(=O)C(OC)c1ccccc1)[C@H](/C=C/C)OCOC)O[Si](C)(C)C(C)(C)C)OC(=O)C(OC)c1ccccc1. The molecule has 0 aliphatic heterocycles. The number of carbonyl (C=O) groups excluding carboxylic acids is 2. The summed E-state index contributed by atoms with van der Waals surface area (Å²) in [7, 11) is 1.11. The van der Waals surface area contributed by atoms with Gasteiger partial charge in [-0.05, 0) is 86.9 Å². The first kappa shape index (κ1) is 57.1. The summed E-state index contributed by atoms with van der Waals surface area (Å²) in [5.41, 5.74) is 1.36. The average molecular weight is 931 g/mol. The first-order valence-electron chi connectivity index (χ1n) is 22.5. The molecule has 0 bridgehead atoms. The third-order valence-electron chi connectivity index (χ3n) is 12.3. The highest BCUT2D eigenvalue weighted by Gasteiger charge is 2.46. The van der Waals surface area contributed by atoms with Crippen molar-refractivity contribution in [3.8, 4) is 0 Å². The molecule has 0 N–H and O–H groups in total. The highest BCUT2D eigenvalue weighted by atomic mass is 28.4. The van der Waals surface area contributed by atoms with Crippen molar-refractivity contribution >= 4 is 28.6 Å². The third kappa shape index (κ3) is 18.0. The van der Waals surface area contributed by atoms with Crippen LogP contribution in [0.15, 0.2) is 85.0 Å². The number of allylic oxidation sites excluding steroid dienone is 2. The van der Waals surface area contributed by atoms with Crippen molar-refractivity contribution in [3.63, 3.8) is 0 Å². The van der Waals surface area contributed by atoms with E-state index in [1.54, 1.807) is 14.2 Å². The number of benzene rings is 2. The van der Waals surface area contributed by atoms with Crippen molar-refractivity contribution in [1.82, 2.24) is 0 Å². The van der Waals surface area contributed by atoms with E-state index in [2.05, 4.69) is 67.7 Å². The van der Waals surface area contributed by atoms with Crippen LogP contribution in [-0.2, 0) is 56.3 Å². The summed E-state index contributed by atoms with van der Waals surface area (Å²) in [6.07, 6.45) is 3.48. The van der Waals surface area contributed by atoms with Gasteiger partial charge in [-0.15, -0.1) is 0 Å². The van der Waals surface area contributed by atoms with E-state index in [1.807, 2.05) is 98.8 Å². The van der Waals surface area contributed by atoms with Gasteiger partial charge in [-0.1, -0.05) is 127 Å². The van der Waals surface area contributed by atoms with E-state index in [1.165, 1.54) is 14.2 Å². The highest BCUT2D eigenvalue weighted by Crippen LogP contribution is 2.42. The summed E-state index contributed by atoms with van der Waals surface area (Å²) >= 11 is 0. The largest absolute Gasteiger partial charge is 0.457 e. The second kappa shape index (κ2) is 27.6. The van der Waals surface area contributed by atoms with Gasteiger partial charge in [-0.25, -0.2) is 9.59 Å². The van der Waals surface area contributed by atoms with Crippen LogP contribution >= 0.6 is 0 Å². The molecule has 0 saturated carbocycles. The fraction of sp³-hybridized carbons (Fsp3) is 0.640. The second-order valence-corrected chi connectivity index (χ2v) is 28.6. The lowest BCUT2D eigenvalue weighted by Crippen LogP contribution is -2.52. The average Bonchev–Trinajstić information content (AvgIpc) is 3.23. The van der Waals surface area contributed by atoms with E-state index in [9.17, 15) is 9.59 Å². The van der Waals surface area contributed by atoms with E-state index in [0.29, 0.717) is 36.8 Å². The Bertz CT molecular complexity index is 1550. The van der Waals surface area contributed by atoms with Crippen LogP contribution in [0.2, 0.25) is 36.3 Å². The molecule has 8 atom stereocenters. The Morgan fingerprint density at radius 2 is 0.844 bits per heavy atom. The number of methoxy groups -OCH3 is 4. The number of rotatable bonds is 29. The van der Waals surface area contributed by atoms with E-state index in [-0.39, 0.29) is 23.7 Å². The molecule has 0 aliphatic rings. The molecule has 2 aromatic carbocycles. The van der Waals surface area contributed by atoms with Gasteiger partial charge in [0.2, 0.25) is 0 Å². The Balaban J connectivity index is 2.76. The quantitative estimate of drug-likeness (QED) is 0.0333. The maximum atomic E-state index is 14.0. The molecule has 2 unspecified atom stereocenters. The van der Waals surface area contributed by atoms with Crippen LogP contribution < -0.4 is 0 Å².